The number of aryl methyl sites for hydroxylation is 1. The fraction of sp³-hybridized carbons (Fsp3) is 0.481. The first-order valence-corrected chi connectivity index (χ1v) is 13.1. The summed E-state index contributed by atoms with van der Waals surface area (Å²) >= 11 is 1.69. The molecule has 0 saturated carbocycles. The predicted molar refractivity (Wildman–Crippen MR) is 142 cm³/mol. The first kappa shape index (κ1) is 23.7. The molecule has 1 amide bonds. The molecule has 1 N–H and O–H groups in total. The standard InChI is InChI=1S/C27H33N5O2S/c1-6-34-21-10-18-13-28-12-17(18)9-20(21)31-24-23-19-8-7-16(26(33)32(5)14-27(2,3)4)11-22(19)35-25(23)30-15-29-24/h9-10,12,15-16H,6-8,11,13-14H2,1-5H3,(H,29,30,31)/t16-/m0/s1. The van der Waals surface area contributed by atoms with Gasteiger partial charge in [-0.3, -0.25) is 9.79 Å². The van der Waals surface area contributed by atoms with E-state index in [-0.39, 0.29) is 17.2 Å². The molecule has 35 heavy (non-hydrogen) atoms. The molecule has 0 spiro atoms. The van der Waals surface area contributed by atoms with Crippen LogP contribution in [0.1, 0.15) is 55.7 Å². The zero-order valence-electron chi connectivity index (χ0n) is 21.1. The van der Waals surface area contributed by atoms with Crippen LogP contribution in [0.15, 0.2) is 23.5 Å². The van der Waals surface area contributed by atoms with Crippen LogP contribution in [0.3, 0.4) is 0 Å². The lowest BCUT2D eigenvalue weighted by molar-refractivity contribution is -0.135. The molecular formula is C27H33N5O2S. The first-order chi connectivity index (χ1) is 16.7. The van der Waals surface area contributed by atoms with Gasteiger partial charge >= 0.3 is 0 Å². The number of hydrogen-bond donors (Lipinski definition) is 1. The number of thiophene rings is 1. The van der Waals surface area contributed by atoms with Crippen molar-refractivity contribution in [2.45, 2.75) is 53.5 Å². The van der Waals surface area contributed by atoms with Gasteiger partial charge in [0.1, 0.15) is 22.7 Å². The van der Waals surface area contributed by atoms with E-state index >= 15 is 0 Å². The average Bonchev–Trinajstić information content (AvgIpc) is 3.41. The fourth-order valence-corrected chi connectivity index (χ4v) is 6.42. The molecular weight excluding hydrogens is 458 g/mol. The molecule has 0 saturated heterocycles. The number of amides is 1. The third-order valence-corrected chi connectivity index (χ3v) is 7.73. The van der Waals surface area contributed by atoms with Crippen LogP contribution in [0.25, 0.3) is 10.2 Å². The zero-order valence-corrected chi connectivity index (χ0v) is 22.0. The number of hydrogen-bond acceptors (Lipinski definition) is 7. The number of anilines is 2. The summed E-state index contributed by atoms with van der Waals surface area (Å²) in [6.07, 6.45) is 5.99. The quantitative estimate of drug-likeness (QED) is 0.501. The van der Waals surface area contributed by atoms with Crippen LogP contribution in [-0.2, 0) is 24.2 Å². The molecule has 0 bridgehead atoms. The van der Waals surface area contributed by atoms with E-state index in [1.807, 2.05) is 25.1 Å². The van der Waals surface area contributed by atoms with Gasteiger partial charge in [0.05, 0.1) is 24.2 Å². The number of carbonyl (C=O) groups is 1. The van der Waals surface area contributed by atoms with Gasteiger partial charge < -0.3 is 15.0 Å². The van der Waals surface area contributed by atoms with E-state index < -0.39 is 0 Å². The van der Waals surface area contributed by atoms with Crippen molar-refractivity contribution in [1.82, 2.24) is 14.9 Å². The van der Waals surface area contributed by atoms with Gasteiger partial charge in [-0.15, -0.1) is 11.3 Å². The van der Waals surface area contributed by atoms with E-state index in [1.165, 1.54) is 16.0 Å². The molecule has 1 aliphatic heterocycles. The third-order valence-electron chi connectivity index (χ3n) is 6.57. The molecule has 2 aliphatic rings. The molecule has 7 nitrogen and oxygen atoms in total. The zero-order chi connectivity index (χ0) is 24.7. The monoisotopic (exact) mass is 491 g/mol. The van der Waals surface area contributed by atoms with E-state index in [4.69, 9.17) is 4.74 Å². The van der Waals surface area contributed by atoms with Crippen molar-refractivity contribution in [2.75, 3.05) is 25.5 Å². The molecule has 3 aromatic rings. The summed E-state index contributed by atoms with van der Waals surface area (Å²) in [6, 6.07) is 4.16. The number of benzene rings is 1. The largest absolute Gasteiger partial charge is 0.492 e. The Balaban J connectivity index is 1.44. The van der Waals surface area contributed by atoms with E-state index in [9.17, 15) is 4.79 Å². The van der Waals surface area contributed by atoms with E-state index in [1.54, 1.807) is 17.7 Å². The Bertz CT molecular complexity index is 1310. The van der Waals surface area contributed by atoms with Crippen molar-refractivity contribution >= 4 is 45.2 Å². The summed E-state index contributed by atoms with van der Waals surface area (Å²) in [7, 11) is 1.93. The van der Waals surface area contributed by atoms with Crippen molar-refractivity contribution in [3.63, 3.8) is 0 Å². The van der Waals surface area contributed by atoms with E-state index in [0.29, 0.717) is 13.2 Å². The number of aromatic nitrogens is 2. The smallest absolute Gasteiger partial charge is 0.225 e. The Morgan fingerprint density at radius 1 is 1.29 bits per heavy atom. The minimum absolute atomic E-state index is 0.0211. The minimum atomic E-state index is 0.0211. The summed E-state index contributed by atoms with van der Waals surface area (Å²) in [4.78, 5) is 30.9. The van der Waals surface area contributed by atoms with Crippen molar-refractivity contribution in [3.8, 4) is 5.75 Å². The highest BCUT2D eigenvalue weighted by Crippen LogP contribution is 2.42. The molecule has 5 rings (SSSR count). The Morgan fingerprint density at radius 3 is 2.89 bits per heavy atom. The van der Waals surface area contributed by atoms with Gasteiger partial charge in [-0.25, -0.2) is 9.97 Å². The van der Waals surface area contributed by atoms with E-state index in [2.05, 4.69) is 53.2 Å². The van der Waals surface area contributed by atoms with Gasteiger partial charge in [-0.1, -0.05) is 20.8 Å². The number of nitrogens with zero attached hydrogens (tertiary/aromatic N) is 4. The van der Waals surface area contributed by atoms with Crippen LogP contribution in [0, 0.1) is 11.3 Å². The Morgan fingerprint density at radius 2 is 2.11 bits per heavy atom. The summed E-state index contributed by atoms with van der Waals surface area (Å²) in [5.74, 6) is 1.86. The summed E-state index contributed by atoms with van der Waals surface area (Å²) in [5.41, 5.74) is 4.52. The maximum atomic E-state index is 13.2. The lowest BCUT2D eigenvalue weighted by Crippen LogP contribution is -2.39. The molecule has 1 aliphatic carbocycles. The van der Waals surface area contributed by atoms with Crippen molar-refractivity contribution in [2.24, 2.45) is 16.3 Å². The molecule has 0 unspecified atom stereocenters. The normalized spacial score (nSPS) is 16.8. The molecule has 1 atom stereocenters. The average molecular weight is 492 g/mol. The number of nitrogens with one attached hydrogen (secondary N) is 1. The van der Waals surface area contributed by atoms with Gasteiger partial charge in [0, 0.05) is 30.6 Å². The minimum Gasteiger partial charge on any atom is -0.492 e. The van der Waals surface area contributed by atoms with Crippen molar-refractivity contribution < 1.29 is 9.53 Å². The second-order valence-corrected chi connectivity index (χ2v) is 11.8. The van der Waals surface area contributed by atoms with E-state index in [0.717, 1.165) is 58.8 Å². The maximum Gasteiger partial charge on any atom is 0.225 e. The van der Waals surface area contributed by atoms with Crippen LogP contribution >= 0.6 is 11.3 Å². The Kier molecular flexibility index (Phi) is 6.25. The SMILES string of the molecule is CCOc1cc2c(cc1Nc1ncnc3sc4c(c13)CC[C@H](C(=O)N(C)CC(C)(C)C)C4)C=NC2. The number of rotatable bonds is 6. The maximum absolute atomic E-state index is 13.2. The molecule has 0 radical (unpaired) electrons. The lowest BCUT2D eigenvalue weighted by atomic mass is 9.86. The molecule has 8 heteroatoms. The first-order valence-electron chi connectivity index (χ1n) is 12.3. The van der Waals surface area contributed by atoms with Crippen LogP contribution in [-0.4, -0.2) is 47.2 Å². The van der Waals surface area contributed by atoms with Crippen molar-refractivity contribution in [1.29, 1.82) is 0 Å². The molecule has 2 aromatic heterocycles. The number of ether oxygens (including phenoxy) is 1. The molecule has 3 heterocycles. The van der Waals surface area contributed by atoms with Crippen molar-refractivity contribution in [3.05, 3.63) is 40.0 Å². The molecule has 184 valence electrons. The van der Waals surface area contributed by atoms with Gasteiger partial charge in [0.2, 0.25) is 5.91 Å². The number of carbonyl (C=O) groups excluding carboxylic acids is 1. The number of fused-ring (bicyclic) bond motifs is 4. The highest BCUT2D eigenvalue weighted by molar-refractivity contribution is 7.19. The van der Waals surface area contributed by atoms with Gasteiger partial charge in [0.15, 0.2) is 0 Å². The third kappa shape index (κ3) is 4.76. The summed E-state index contributed by atoms with van der Waals surface area (Å²) < 4.78 is 5.94. The van der Waals surface area contributed by atoms with Gasteiger partial charge in [-0.05, 0) is 60.4 Å². The highest BCUT2D eigenvalue weighted by atomic mass is 32.1. The number of aliphatic imine (C=N–C) groups is 1. The summed E-state index contributed by atoms with van der Waals surface area (Å²) in [5, 5.41) is 4.61. The topological polar surface area (TPSA) is 79.7 Å². The Labute approximate surface area is 210 Å². The van der Waals surface area contributed by atoms with Crippen LogP contribution < -0.4 is 10.1 Å². The second-order valence-electron chi connectivity index (χ2n) is 10.7. The lowest BCUT2D eigenvalue weighted by Gasteiger charge is -2.31. The van der Waals surface area contributed by atoms with Gasteiger partial charge in [0.25, 0.3) is 0 Å². The van der Waals surface area contributed by atoms with Gasteiger partial charge in [-0.2, -0.15) is 0 Å². The highest BCUT2D eigenvalue weighted by Gasteiger charge is 2.31. The molecule has 1 aromatic carbocycles. The Hall–Kier alpha value is -3.00. The summed E-state index contributed by atoms with van der Waals surface area (Å²) in [6.45, 7) is 10.5. The molecule has 0 fully saturated rings. The predicted octanol–water partition coefficient (Wildman–Crippen LogP) is 5.38. The fourth-order valence-electron chi connectivity index (χ4n) is 5.16. The van der Waals surface area contributed by atoms with Crippen LogP contribution in [0.2, 0.25) is 0 Å². The second kappa shape index (κ2) is 9.22. The van der Waals surface area contributed by atoms with Crippen LogP contribution in [0.4, 0.5) is 11.5 Å². The van der Waals surface area contributed by atoms with Crippen LogP contribution in [0.5, 0.6) is 5.75 Å².